The van der Waals surface area contributed by atoms with Gasteiger partial charge < -0.3 is 10.1 Å². The lowest BCUT2D eigenvalue weighted by Crippen LogP contribution is -2.22. The fraction of sp³-hybridized carbons (Fsp3) is 0.471. The third-order valence-corrected chi connectivity index (χ3v) is 5.94. The molecule has 3 rings (SSSR count). The molecule has 152 valence electrons. The molecule has 2 atom stereocenters. The van der Waals surface area contributed by atoms with E-state index < -0.39 is 10.3 Å². The lowest BCUT2D eigenvalue weighted by molar-refractivity contribution is 0.104. The van der Waals surface area contributed by atoms with Gasteiger partial charge in [0.25, 0.3) is 0 Å². The summed E-state index contributed by atoms with van der Waals surface area (Å²) in [5.74, 6) is 0.396. The maximum atomic E-state index is 12.9. The molecule has 0 aromatic carbocycles. The van der Waals surface area contributed by atoms with Crippen molar-refractivity contribution in [2.45, 2.75) is 31.9 Å². The van der Waals surface area contributed by atoms with Crippen LogP contribution < -0.4 is 10.5 Å². The van der Waals surface area contributed by atoms with Gasteiger partial charge in [-0.25, -0.2) is 15.1 Å². The first-order valence-corrected chi connectivity index (χ1v) is 11.1. The first-order chi connectivity index (χ1) is 13.4. The number of ether oxygens (including phenoxy) is 1. The Labute approximate surface area is 167 Å². The molecule has 11 heteroatoms. The van der Waals surface area contributed by atoms with E-state index in [4.69, 9.17) is 9.88 Å². The number of anilines is 1. The van der Waals surface area contributed by atoms with Gasteiger partial charge in [-0.05, 0) is 42.2 Å². The summed E-state index contributed by atoms with van der Waals surface area (Å²) in [5, 5.41) is 10.1. The second kappa shape index (κ2) is 9.05. The van der Waals surface area contributed by atoms with Crippen LogP contribution in [0.1, 0.15) is 40.1 Å². The van der Waals surface area contributed by atoms with Crippen LogP contribution in [0.25, 0.3) is 0 Å². The largest absolute Gasteiger partial charge is 0.380 e. The van der Waals surface area contributed by atoms with Gasteiger partial charge in [0, 0.05) is 19.3 Å². The zero-order valence-corrected chi connectivity index (χ0v) is 17.0. The number of thiophene rings is 1. The summed E-state index contributed by atoms with van der Waals surface area (Å²) in [4.78, 5) is 21.7. The summed E-state index contributed by atoms with van der Waals surface area (Å²) in [6.07, 6.45) is 5.20. The van der Waals surface area contributed by atoms with Crippen LogP contribution in [-0.2, 0) is 25.8 Å². The van der Waals surface area contributed by atoms with E-state index in [1.165, 1.54) is 23.9 Å². The summed E-state index contributed by atoms with van der Waals surface area (Å²) in [6, 6.07) is 1.87. The first-order valence-electron chi connectivity index (χ1n) is 8.70. The Morgan fingerprint density at radius 1 is 1.43 bits per heavy atom. The molecule has 1 aliphatic rings. The molecule has 2 aromatic heterocycles. The summed E-state index contributed by atoms with van der Waals surface area (Å²) < 4.78 is 31.7. The summed E-state index contributed by atoms with van der Waals surface area (Å²) in [7, 11) is -2.33. The third-order valence-electron chi connectivity index (χ3n) is 4.50. The van der Waals surface area contributed by atoms with E-state index in [2.05, 4.69) is 19.5 Å². The number of carbonyl (C=O) groups excluding carboxylic acids is 1. The molecule has 0 spiro atoms. The molecule has 9 nitrogen and oxygen atoms in total. The zero-order chi connectivity index (χ0) is 20.1. The van der Waals surface area contributed by atoms with E-state index >= 15 is 0 Å². The number of hydrogen-bond acceptors (Lipinski definition) is 9. The fourth-order valence-corrected chi connectivity index (χ4v) is 4.46. The lowest BCUT2D eigenvalue weighted by Gasteiger charge is -2.15. The van der Waals surface area contributed by atoms with Crippen LogP contribution in [0, 0.1) is 5.92 Å². The lowest BCUT2D eigenvalue weighted by atomic mass is 10.1. The van der Waals surface area contributed by atoms with Crippen LogP contribution in [0.4, 0.5) is 5.82 Å². The minimum atomic E-state index is -3.93. The Balaban J connectivity index is 1.66. The van der Waals surface area contributed by atoms with Crippen LogP contribution in [0.2, 0.25) is 0 Å². The number of ketones is 1. The molecule has 0 saturated heterocycles. The van der Waals surface area contributed by atoms with Gasteiger partial charge in [0.1, 0.15) is 12.1 Å². The normalized spacial score (nSPS) is 19.6. The maximum Gasteiger partial charge on any atom is 0.333 e. The SMILES string of the molecule is COCc1csc(C(=O)c2cncnc2N[C@H]2CC[C@@H](COS(N)(=O)=O)C2)c1. The molecule has 3 N–H and O–H groups in total. The van der Waals surface area contributed by atoms with E-state index in [9.17, 15) is 13.2 Å². The Morgan fingerprint density at radius 2 is 2.25 bits per heavy atom. The van der Waals surface area contributed by atoms with E-state index in [1.54, 1.807) is 7.11 Å². The second-order valence-corrected chi connectivity index (χ2v) is 8.80. The molecule has 1 aliphatic carbocycles. The quantitative estimate of drug-likeness (QED) is 0.579. The van der Waals surface area contributed by atoms with Crippen molar-refractivity contribution in [3.05, 3.63) is 40.0 Å². The molecule has 0 aliphatic heterocycles. The van der Waals surface area contributed by atoms with Crippen molar-refractivity contribution in [3.8, 4) is 0 Å². The van der Waals surface area contributed by atoms with E-state index in [1.807, 2.05) is 11.4 Å². The number of nitrogens with one attached hydrogen (secondary N) is 1. The monoisotopic (exact) mass is 426 g/mol. The van der Waals surface area contributed by atoms with Gasteiger partial charge in [-0.15, -0.1) is 11.3 Å². The fourth-order valence-electron chi connectivity index (χ4n) is 3.22. The molecule has 2 aromatic rings. The molecule has 0 unspecified atom stereocenters. The number of nitrogens with two attached hydrogens (primary N) is 1. The number of hydrogen-bond donors (Lipinski definition) is 2. The Hall–Kier alpha value is -1.92. The minimum absolute atomic E-state index is 0.0583. The molecule has 28 heavy (non-hydrogen) atoms. The second-order valence-electron chi connectivity index (χ2n) is 6.66. The highest BCUT2D eigenvalue weighted by Gasteiger charge is 2.27. The van der Waals surface area contributed by atoms with Crippen LogP contribution in [0.15, 0.2) is 24.0 Å². The molecular formula is C17H22N4O5S2. The molecule has 1 fully saturated rings. The molecule has 0 amide bonds. The average molecular weight is 427 g/mol. The Bertz CT molecular complexity index is 931. The number of aromatic nitrogens is 2. The van der Waals surface area contributed by atoms with Crippen molar-refractivity contribution in [1.29, 1.82) is 0 Å². The number of nitrogens with zero attached hydrogens (tertiary/aromatic N) is 2. The van der Waals surface area contributed by atoms with E-state index in [0.717, 1.165) is 18.4 Å². The van der Waals surface area contributed by atoms with Crippen molar-refractivity contribution >= 4 is 33.2 Å². The van der Waals surface area contributed by atoms with Gasteiger partial charge in [-0.1, -0.05) is 0 Å². The molecular weight excluding hydrogens is 404 g/mol. The predicted octanol–water partition coefficient (Wildman–Crippen LogP) is 1.72. The number of carbonyl (C=O) groups is 1. The smallest absolute Gasteiger partial charge is 0.333 e. The molecule has 1 saturated carbocycles. The van der Waals surface area contributed by atoms with Crippen molar-refractivity contribution in [2.24, 2.45) is 11.1 Å². The van der Waals surface area contributed by atoms with Crippen molar-refractivity contribution < 1.29 is 22.1 Å². The van der Waals surface area contributed by atoms with E-state index in [0.29, 0.717) is 29.3 Å². The van der Waals surface area contributed by atoms with Crippen molar-refractivity contribution in [1.82, 2.24) is 9.97 Å². The van der Waals surface area contributed by atoms with Crippen LogP contribution in [0.3, 0.4) is 0 Å². The number of rotatable bonds is 9. The van der Waals surface area contributed by atoms with Crippen molar-refractivity contribution in [2.75, 3.05) is 19.0 Å². The topological polar surface area (TPSA) is 134 Å². The first kappa shape index (κ1) is 20.8. The standard InChI is InChI=1S/C17H22N4O5S2/c1-25-7-12-5-15(27-9-12)16(22)14-6-19-10-20-17(14)21-13-3-2-11(4-13)8-26-28(18,23)24/h5-6,9-11,13H,2-4,7-8H2,1H3,(H2,18,23,24)(H,19,20,21)/t11-,13+/m1/s1. The molecule has 0 bridgehead atoms. The molecule has 0 radical (unpaired) electrons. The van der Waals surface area contributed by atoms with Crippen LogP contribution in [-0.4, -0.2) is 43.9 Å². The highest BCUT2D eigenvalue weighted by Crippen LogP contribution is 2.30. The van der Waals surface area contributed by atoms with Gasteiger partial charge >= 0.3 is 10.3 Å². The van der Waals surface area contributed by atoms with Crippen molar-refractivity contribution in [3.63, 3.8) is 0 Å². The highest BCUT2D eigenvalue weighted by atomic mass is 32.2. The Kier molecular flexibility index (Phi) is 6.73. The number of methoxy groups -OCH3 is 1. The van der Waals surface area contributed by atoms with E-state index in [-0.39, 0.29) is 24.3 Å². The van der Waals surface area contributed by atoms with Crippen LogP contribution >= 0.6 is 11.3 Å². The zero-order valence-electron chi connectivity index (χ0n) is 15.3. The van der Waals surface area contributed by atoms with Gasteiger partial charge in [0.2, 0.25) is 5.78 Å². The predicted molar refractivity (Wildman–Crippen MR) is 104 cm³/mol. The summed E-state index contributed by atoms with van der Waals surface area (Å²) >= 11 is 1.36. The highest BCUT2D eigenvalue weighted by molar-refractivity contribution is 7.84. The average Bonchev–Trinajstić information content (AvgIpc) is 3.29. The third kappa shape index (κ3) is 5.55. The minimum Gasteiger partial charge on any atom is -0.380 e. The van der Waals surface area contributed by atoms with Gasteiger partial charge in [0.05, 0.1) is 23.7 Å². The summed E-state index contributed by atoms with van der Waals surface area (Å²) in [6.45, 7) is 0.508. The van der Waals surface area contributed by atoms with Gasteiger partial charge in [0.15, 0.2) is 0 Å². The van der Waals surface area contributed by atoms with Gasteiger partial charge in [-0.3, -0.25) is 8.98 Å². The molecule has 2 heterocycles. The Morgan fingerprint density at radius 3 is 3.00 bits per heavy atom. The van der Waals surface area contributed by atoms with Crippen LogP contribution in [0.5, 0.6) is 0 Å². The summed E-state index contributed by atoms with van der Waals surface area (Å²) in [5.41, 5.74) is 1.34. The maximum absolute atomic E-state index is 12.9. The van der Waals surface area contributed by atoms with Gasteiger partial charge in [-0.2, -0.15) is 8.42 Å².